The summed E-state index contributed by atoms with van der Waals surface area (Å²) < 4.78 is 0. The molecule has 1 rings (SSSR count). The highest BCUT2D eigenvalue weighted by molar-refractivity contribution is 5.73. The normalized spacial score (nSPS) is 9.94. The molecule has 0 fully saturated rings. The minimum absolute atomic E-state index is 0.308. The van der Waals surface area contributed by atoms with Gasteiger partial charge in [-0.05, 0) is 6.42 Å². The Balaban J connectivity index is 2.63. The van der Waals surface area contributed by atoms with Crippen molar-refractivity contribution in [2.45, 2.75) is 12.8 Å². The van der Waals surface area contributed by atoms with E-state index in [-0.39, 0.29) is 5.91 Å². The van der Waals surface area contributed by atoms with E-state index in [1.54, 1.807) is 11.9 Å². The highest BCUT2D eigenvalue weighted by Gasteiger charge is 2.06. The molecule has 0 aliphatic carbocycles. The van der Waals surface area contributed by atoms with Gasteiger partial charge in [0.1, 0.15) is 0 Å². The Morgan fingerprint density at radius 2 is 1.94 bits per heavy atom. The van der Waals surface area contributed by atoms with Gasteiger partial charge in [0.25, 0.3) is 0 Å². The van der Waals surface area contributed by atoms with E-state index in [0.29, 0.717) is 37.2 Å². The van der Waals surface area contributed by atoms with Crippen molar-refractivity contribution in [1.29, 1.82) is 0 Å². The molecule has 0 aliphatic rings. The predicted octanol–water partition coefficient (Wildman–Crippen LogP) is -0.343. The van der Waals surface area contributed by atoms with E-state index in [9.17, 15) is 4.79 Å². The van der Waals surface area contributed by atoms with Crippen LogP contribution in [0.15, 0.2) is 0 Å². The molecule has 0 bridgehead atoms. The Kier molecular flexibility index (Phi) is 5.09. The van der Waals surface area contributed by atoms with Crippen LogP contribution in [0, 0.1) is 0 Å². The molecular formula is C10H19N7O. The highest BCUT2D eigenvalue weighted by atomic mass is 16.1. The Morgan fingerprint density at radius 1 is 1.28 bits per heavy atom. The molecule has 1 aromatic heterocycles. The highest BCUT2D eigenvalue weighted by Crippen LogP contribution is 2.10. The van der Waals surface area contributed by atoms with Gasteiger partial charge in [-0.3, -0.25) is 4.79 Å². The van der Waals surface area contributed by atoms with Crippen LogP contribution in [-0.4, -0.2) is 48.5 Å². The van der Waals surface area contributed by atoms with Crippen molar-refractivity contribution in [2.75, 3.05) is 43.2 Å². The number of carbonyl (C=O) groups excluding carboxylic acids is 1. The van der Waals surface area contributed by atoms with Crippen LogP contribution in [-0.2, 0) is 4.79 Å². The molecule has 0 saturated heterocycles. The molecule has 8 heteroatoms. The van der Waals surface area contributed by atoms with Gasteiger partial charge in [0, 0.05) is 34.1 Å². The molecule has 0 unspecified atom stereocenters. The summed E-state index contributed by atoms with van der Waals surface area (Å²) in [7, 11) is 5.45. The summed E-state index contributed by atoms with van der Waals surface area (Å²) in [5.41, 5.74) is 5.06. The van der Waals surface area contributed by atoms with Gasteiger partial charge in [-0.25, -0.2) is 0 Å². The number of hydrogen-bond donors (Lipinski definition) is 3. The number of aromatic nitrogens is 3. The van der Waals surface area contributed by atoms with E-state index >= 15 is 0 Å². The van der Waals surface area contributed by atoms with Crippen LogP contribution in [0.5, 0.6) is 0 Å². The molecule has 4 N–H and O–H groups in total. The van der Waals surface area contributed by atoms with E-state index in [2.05, 4.69) is 25.6 Å². The molecule has 1 amide bonds. The number of anilines is 3. The van der Waals surface area contributed by atoms with E-state index in [1.807, 2.05) is 14.1 Å². The fourth-order valence-electron chi connectivity index (χ4n) is 1.22. The largest absolute Gasteiger partial charge is 0.370 e. The Morgan fingerprint density at radius 3 is 2.50 bits per heavy atom. The van der Waals surface area contributed by atoms with Gasteiger partial charge in [-0.15, -0.1) is 0 Å². The molecule has 0 spiro atoms. The maximum atomic E-state index is 10.6. The van der Waals surface area contributed by atoms with Crippen LogP contribution < -0.4 is 21.3 Å². The number of amides is 1. The first-order valence-electron chi connectivity index (χ1n) is 5.66. The van der Waals surface area contributed by atoms with Crippen molar-refractivity contribution in [3.8, 4) is 0 Å². The van der Waals surface area contributed by atoms with Crippen LogP contribution >= 0.6 is 0 Å². The second kappa shape index (κ2) is 6.58. The summed E-state index contributed by atoms with van der Waals surface area (Å²) >= 11 is 0. The molecule has 0 aliphatic heterocycles. The van der Waals surface area contributed by atoms with Crippen molar-refractivity contribution < 1.29 is 4.79 Å². The summed E-state index contributed by atoms with van der Waals surface area (Å²) in [5, 5.41) is 5.90. The van der Waals surface area contributed by atoms with E-state index < -0.39 is 0 Å². The van der Waals surface area contributed by atoms with Crippen molar-refractivity contribution in [3.63, 3.8) is 0 Å². The summed E-state index contributed by atoms with van der Waals surface area (Å²) in [4.78, 5) is 25.0. The van der Waals surface area contributed by atoms with Gasteiger partial charge in [0.15, 0.2) is 0 Å². The second-order valence-electron chi connectivity index (χ2n) is 3.92. The molecular weight excluding hydrogens is 234 g/mol. The first-order chi connectivity index (χ1) is 8.52. The number of nitrogens with two attached hydrogens (primary N) is 1. The third-order valence-electron chi connectivity index (χ3n) is 2.13. The first-order valence-corrected chi connectivity index (χ1v) is 5.66. The zero-order chi connectivity index (χ0) is 13.5. The number of nitrogens with zero attached hydrogens (tertiary/aromatic N) is 4. The molecule has 18 heavy (non-hydrogen) atoms. The van der Waals surface area contributed by atoms with Crippen LogP contribution in [0.2, 0.25) is 0 Å². The third kappa shape index (κ3) is 4.40. The van der Waals surface area contributed by atoms with Gasteiger partial charge in [0.05, 0.1) is 0 Å². The average Bonchev–Trinajstić information content (AvgIpc) is 2.34. The summed E-state index contributed by atoms with van der Waals surface area (Å²) in [6.45, 7) is 0.586. The molecule has 100 valence electrons. The van der Waals surface area contributed by atoms with Crippen LogP contribution in [0.4, 0.5) is 17.8 Å². The lowest BCUT2D eigenvalue weighted by molar-refractivity contribution is -0.118. The molecule has 0 atom stereocenters. The van der Waals surface area contributed by atoms with Gasteiger partial charge >= 0.3 is 0 Å². The van der Waals surface area contributed by atoms with Crippen molar-refractivity contribution in [3.05, 3.63) is 0 Å². The van der Waals surface area contributed by atoms with E-state index in [4.69, 9.17) is 5.73 Å². The van der Waals surface area contributed by atoms with Crippen LogP contribution in [0.3, 0.4) is 0 Å². The first kappa shape index (κ1) is 13.9. The Bertz CT molecular complexity index is 407. The SMILES string of the molecule is CNc1nc(NCCCC(N)=O)nc(N(C)C)n1. The Hall–Kier alpha value is -2.12. The molecule has 0 saturated carbocycles. The van der Waals surface area contributed by atoms with Crippen LogP contribution in [0.25, 0.3) is 0 Å². The molecule has 0 radical (unpaired) electrons. The lowest BCUT2D eigenvalue weighted by Gasteiger charge is -2.13. The van der Waals surface area contributed by atoms with E-state index in [0.717, 1.165) is 0 Å². The third-order valence-corrected chi connectivity index (χ3v) is 2.13. The average molecular weight is 253 g/mol. The predicted molar refractivity (Wildman–Crippen MR) is 70.6 cm³/mol. The smallest absolute Gasteiger partial charge is 0.231 e. The van der Waals surface area contributed by atoms with E-state index in [1.165, 1.54) is 0 Å². The number of hydrogen-bond acceptors (Lipinski definition) is 7. The fraction of sp³-hybridized carbons (Fsp3) is 0.600. The van der Waals surface area contributed by atoms with Crippen molar-refractivity contribution in [2.24, 2.45) is 5.73 Å². The number of rotatable bonds is 7. The van der Waals surface area contributed by atoms with Crippen molar-refractivity contribution >= 4 is 23.8 Å². The van der Waals surface area contributed by atoms with Gasteiger partial charge in [0.2, 0.25) is 23.8 Å². The van der Waals surface area contributed by atoms with Crippen LogP contribution in [0.1, 0.15) is 12.8 Å². The zero-order valence-corrected chi connectivity index (χ0v) is 10.9. The minimum atomic E-state index is -0.308. The van der Waals surface area contributed by atoms with Gasteiger partial charge in [-0.2, -0.15) is 15.0 Å². The minimum Gasteiger partial charge on any atom is -0.370 e. The van der Waals surface area contributed by atoms with Gasteiger partial charge in [-0.1, -0.05) is 0 Å². The molecule has 1 aromatic rings. The molecule has 1 heterocycles. The quantitative estimate of drug-likeness (QED) is 0.570. The summed E-state index contributed by atoms with van der Waals surface area (Å²) in [6, 6.07) is 0. The summed E-state index contributed by atoms with van der Waals surface area (Å²) in [6.07, 6.45) is 0.991. The monoisotopic (exact) mass is 253 g/mol. The second-order valence-corrected chi connectivity index (χ2v) is 3.92. The summed E-state index contributed by atoms with van der Waals surface area (Å²) in [5.74, 6) is 1.22. The fourth-order valence-corrected chi connectivity index (χ4v) is 1.22. The standard InChI is InChI=1S/C10H19N7O/c1-12-8-14-9(13-6-4-5-7(11)18)16-10(15-8)17(2)3/h4-6H2,1-3H3,(H2,11,18)(H2,12,13,14,15,16). The maximum absolute atomic E-state index is 10.6. The zero-order valence-electron chi connectivity index (χ0n) is 10.9. The Labute approximate surface area is 106 Å². The van der Waals surface area contributed by atoms with Crippen molar-refractivity contribution in [1.82, 2.24) is 15.0 Å². The number of nitrogens with one attached hydrogen (secondary N) is 2. The maximum Gasteiger partial charge on any atom is 0.231 e. The lowest BCUT2D eigenvalue weighted by Crippen LogP contribution is -2.17. The van der Waals surface area contributed by atoms with Gasteiger partial charge < -0.3 is 21.3 Å². The number of carbonyl (C=O) groups is 1. The number of primary amides is 1. The topological polar surface area (TPSA) is 109 Å². The lowest BCUT2D eigenvalue weighted by atomic mass is 10.3. The molecule has 8 nitrogen and oxygen atoms in total. The molecule has 0 aromatic carbocycles.